The number of hydrogen-bond donors (Lipinski definition) is 3. The summed E-state index contributed by atoms with van der Waals surface area (Å²) < 4.78 is 5.28. The Balaban J connectivity index is 0.00000364. The van der Waals surface area contributed by atoms with Crippen molar-refractivity contribution < 1.29 is 9.53 Å². The maximum absolute atomic E-state index is 12.0. The molecule has 1 aliphatic carbocycles. The molecule has 0 unspecified atom stereocenters. The summed E-state index contributed by atoms with van der Waals surface area (Å²) in [6.45, 7) is 2.39. The third-order valence-corrected chi connectivity index (χ3v) is 5.10. The van der Waals surface area contributed by atoms with Gasteiger partial charge in [0, 0.05) is 33.9 Å². The van der Waals surface area contributed by atoms with Crippen molar-refractivity contribution in [2.45, 2.75) is 38.6 Å². The zero-order valence-electron chi connectivity index (χ0n) is 16.4. The topological polar surface area (TPSA) is 74.8 Å². The number of halogens is 1. The molecule has 0 aromatic heterocycles. The molecule has 152 valence electrons. The lowest BCUT2D eigenvalue weighted by atomic mass is 9.83. The lowest BCUT2D eigenvalue weighted by molar-refractivity contribution is -0.120. The van der Waals surface area contributed by atoms with Crippen molar-refractivity contribution in [2.75, 3.05) is 33.9 Å². The van der Waals surface area contributed by atoms with E-state index in [0.717, 1.165) is 25.1 Å². The zero-order chi connectivity index (χ0) is 18.7. The van der Waals surface area contributed by atoms with Crippen LogP contribution in [-0.4, -0.2) is 45.7 Å². The smallest absolute Gasteiger partial charge is 0.239 e. The fourth-order valence-corrected chi connectivity index (χ4v) is 3.47. The first kappa shape index (κ1) is 23.7. The van der Waals surface area contributed by atoms with Gasteiger partial charge in [0.25, 0.3) is 0 Å². The molecule has 1 aromatic rings. The average molecular weight is 488 g/mol. The van der Waals surface area contributed by atoms with Crippen molar-refractivity contribution in [3.63, 3.8) is 0 Å². The highest BCUT2D eigenvalue weighted by Gasteiger charge is 2.33. The monoisotopic (exact) mass is 488 g/mol. The number of methoxy groups -OCH3 is 1. The Morgan fingerprint density at radius 1 is 1.15 bits per heavy atom. The lowest BCUT2D eigenvalue weighted by Gasteiger charge is -2.29. The number of carbonyl (C=O) groups excluding carboxylic acids is 1. The number of ether oxygens (including phenoxy) is 1. The largest absolute Gasteiger partial charge is 0.385 e. The van der Waals surface area contributed by atoms with Gasteiger partial charge in [-0.05, 0) is 30.2 Å². The van der Waals surface area contributed by atoms with E-state index in [-0.39, 0.29) is 41.8 Å². The summed E-state index contributed by atoms with van der Waals surface area (Å²) in [5, 5.41) is 9.40. The molecule has 1 fully saturated rings. The predicted octanol–water partition coefficient (Wildman–Crippen LogP) is 2.68. The molecule has 0 radical (unpaired) electrons. The summed E-state index contributed by atoms with van der Waals surface area (Å²) in [5.74, 6) is 0.621. The van der Waals surface area contributed by atoms with Gasteiger partial charge in [0.05, 0.1) is 6.54 Å². The maximum atomic E-state index is 12.0. The van der Waals surface area contributed by atoms with Crippen LogP contribution in [0, 0.1) is 5.41 Å². The van der Waals surface area contributed by atoms with Gasteiger partial charge in [0.1, 0.15) is 0 Å². The van der Waals surface area contributed by atoms with E-state index < -0.39 is 0 Å². The average Bonchev–Trinajstić information content (AvgIpc) is 3.15. The molecule has 1 saturated carbocycles. The first-order valence-electron chi connectivity index (χ1n) is 9.41. The van der Waals surface area contributed by atoms with E-state index in [2.05, 4.69) is 20.9 Å². The number of rotatable bonds is 9. The Morgan fingerprint density at radius 3 is 2.48 bits per heavy atom. The molecule has 2 rings (SSSR count). The van der Waals surface area contributed by atoms with Crippen LogP contribution in [0.25, 0.3) is 0 Å². The molecule has 7 heteroatoms. The van der Waals surface area contributed by atoms with E-state index in [0.29, 0.717) is 12.5 Å². The van der Waals surface area contributed by atoms with Crippen molar-refractivity contribution in [3.05, 3.63) is 35.9 Å². The predicted molar refractivity (Wildman–Crippen MR) is 120 cm³/mol. The first-order chi connectivity index (χ1) is 12.7. The third kappa shape index (κ3) is 8.47. The van der Waals surface area contributed by atoms with Gasteiger partial charge in [-0.1, -0.05) is 43.2 Å². The normalized spacial score (nSPS) is 15.7. The summed E-state index contributed by atoms with van der Waals surface area (Å²) in [5.41, 5.74) is 1.37. The van der Waals surface area contributed by atoms with Gasteiger partial charge in [0.15, 0.2) is 5.96 Å². The van der Waals surface area contributed by atoms with Gasteiger partial charge in [-0.25, -0.2) is 0 Å². The van der Waals surface area contributed by atoms with Crippen LogP contribution >= 0.6 is 24.0 Å². The number of benzene rings is 1. The van der Waals surface area contributed by atoms with Crippen LogP contribution in [-0.2, 0) is 16.1 Å². The number of nitrogens with zero attached hydrogens (tertiary/aromatic N) is 1. The highest BCUT2D eigenvalue weighted by atomic mass is 127. The minimum absolute atomic E-state index is 0. The number of nitrogens with one attached hydrogen (secondary N) is 3. The summed E-state index contributed by atoms with van der Waals surface area (Å²) in [7, 11) is 3.48. The fourth-order valence-electron chi connectivity index (χ4n) is 3.47. The van der Waals surface area contributed by atoms with Crippen LogP contribution in [0.3, 0.4) is 0 Å². The Bertz CT molecular complexity index is 575. The van der Waals surface area contributed by atoms with Gasteiger partial charge >= 0.3 is 0 Å². The summed E-state index contributed by atoms with van der Waals surface area (Å²) in [6.07, 6.45) is 6.06. The van der Waals surface area contributed by atoms with Crippen LogP contribution in [0.2, 0.25) is 0 Å². The molecule has 1 aliphatic rings. The minimum atomic E-state index is -0.0493. The standard InChI is InChI=1S/C20H32N4O2.HI/c1-21-19(24-16-20(12-13-26-2)10-6-7-11-20)23-15-18(25)22-14-17-8-4-3-5-9-17;/h3-5,8-9H,6-7,10-16H2,1-2H3,(H,22,25)(H2,21,23,24);1H. The van der Waals surface area contributed by atoms with Crippen LogP contribution in [0.15, 0.2) is 35.3 Å². The van der Waals surface area contributed by atoms with Gasteiger partial charge < -0.3 is 20.7 Å². The molecule has 0 aliphatic heterocycles. The molecule has 0 bridgehead atoms. The van der Waals surface area contributed by atoms with Crippen LogP contribution in [0.5, 0.6) is 0 Å². The third-order valence-electron chi connectivity index (χ3n) is 5.10. The molecule has 6 nitrogen and oxygen atoms in total. The van der Waals surface area contributed by atoms with Gasteiger partial charge in [-0.2, -0.15) is 0 Å². The molecule has 27 heavy (non-hydrogen) atoms. The second-order valence-corrected chi connectivity index (χ2v) is 6.99. The van der Waals surface area contributed by atoms with Crippen LogP contribution in [0.1, 0.15) is 37.7 Å². The molecule has 0 atom stereocenters. The summed E-state index contributed by atoms with van der Waals surface area (Å²) in [6, 6.07) is 9.89. The molecule has 3 N–H and O–H groups in total. The van der Waals surface area contributed by atoms with E-state index >= 15 is 0 Å². The molecular formula is C20H33IN4O2. The minimum Gasteiger partial charge on any atom is -0.385 e. The highest BCUT2D eigenvalue weighted by Crippen LogP contribution is 2.40. The number of aliphatic imine (C=N–C) groups is 1. The Labute approximate surface area is 179 Å². The molecule has 1 amide bonds. The van der Waals surface area contributed by atoms with Crippen molar-refractivity contribution in [1.29, 1.82) is 0 Å². The van der Waals surface area contributed by atoms with Gasteiger partial charge in [-0.3, -0.25) is 9.79 Å². The van der Waals surface area contributed by atoms with Crippen molar-refractivity contribution in [2.24, 2.45) is 10.4 Å². The second kappa shape index (κ2) is 12.9. The highest BCUT2D eigenvalue weighted by molar-refractivity contribution is 14.0. The fraction of sp³-hybridized carbons (Fsp3) is 0.600. The van der Waals surface area contributed by atoms with E-state index in [1.807, 2.05) is 30.3 Å². The van der Waals surface area contributed by atoms with Crippen molar-refractivity contribution in [3.8, 4) is 0 Å². The quantitative estimate of drug-likeness (QED) is 0.284. The van der Waals surface area contributed by atoms with Gasteiger partial charge in [0.2, 0.25) is 5.91 Å². The molecule has 1 aromatic carbocycles. The Morgan fingerprint density at radius 2 is 1.85 bits per heavy atom. The maximum Gasteiger partial charge on any atom is 0.239 e. The second-order valence-electron chi connectivity index (χ2n) is 6.99. The number of hydrogen-bond acceptors (Lipinski definition) is 3. The van der Waals surface area contributed by atoms with E-state index in [4.69, 9.17) is 4.74 Å². The Hall–Kier alpha value is -1.35. The van der Waals surface area contributed by atoms with E-state index in [9.17, 15) is 4.79 Å². The van der Waals surface area contributed by atoms with E-state index in [1.54, 1.807) is 14.2 Å². The lowest BCUT2D eigenvalue weighted by Crippen LogP contribution is -2.46. The van der Waals surface area contributed by atoms with Crippen molar-refractivity contribution >= 4 is 35.8 Å². The molecule has 0 saturated heterocycles. The van der Waals surface area contributed by atoms with Crippen molar-refractivity contribution in [1.82, 2.24) is 16.0 Å². The molecular weight excluding hydrogens is 455 g/mol. The van der Waals surface area contributed by atoms with Crippen LogP contribution in [0.4, 0.5) is 0 Å². The van der Waals surface area contributed by atoms with Crippen LogP contribution < -0.4 is 16.0 Å². The van der Waals surface area contributed by atoms with E-state index in [1.165, 1.54) is 25.7 Å². The molecule has 0 spiro atoms. The first-order valence-corrected chi connectivity index (χ1v) is 9.41. The number of guanidine groups is 1. The zero-order valence-corrected chi connectivity index (χ0v) is 18.8. The van der Waals surface area contributed by atoms with Gasteiger partial charge in [-0.15, -0.1) is 24.0 Å². The number of amides is 1. The summed E-state index contributed by atoms with van der Waals surface area (Å²) >= 11 is 0. The molecule has 0 heterocycles. The number of carbonyl (C=O) groups is 1. The SMILES string of the molecule is CN=C(NCC(=O)NCc1ccccc1)NCC1(CCOC)CCCC1.I. The summed E-state index contributed by atoms with van der Waals surface area (Å²) in [4.78, 5) is 16.3. The Kier molecular flexibility index (Phi) is 11.3.